The van der Waals surface area contributed by atoms with Crippen LogP contribution in [0.4, 0.5) is 26.3 Å². The fourth-order valence-electron chi connectivity index (χ4n) is 1.54. The van der Waals surface area contributed by atoms with Crippen LogP contribution < -0.4 is 0 Å². The van der Waals surface area contributed by atoms with Crippen molar-refractivity contribution in [3.63, 3.8) is 0 Å². The molecule has 2 N–H and O–H groups in total. The van der Waals surface area contributed by atoms with Crippen molar-refractivity contribution in [3.05, 3.63) is 34.9 Å². The summed E-state index contributed by atoms with van der Waals surface area (Å²) in [6.07, 6.45) is -8.93. The Morgan fingerprint density at radius 3 is 1.35 bits per heavy atom. The van der Waals surface area contributed by atoms with Crippen LogP contribution in [0, 0.1) is 0 Å². The third-order valence-corrected chi connectivity index (χ3v) is 2.51. The first-order valence-corrected chi connectivity index (χ1v) is 5.39. The summed E-state index contributed by atoms with van der Waals surface area (Å²) in [5.74, 6) is 0. The van der Waals surface area contributed by atoms with Gasteiger partial charge >= 0.3 is 12.4 Å². The Kier molecular flexibility index (Phi) is 3.48. The lowest BCUT2D eigenvalue weighted by atomic mass is 10.2. The maximum Gasteiger partial charge on any atom is 0.435 e. The van der Waals surface area contributed by atoms with E-state index in [-0.39, 0.29) is 24.2 Å². The lowest BCUT2D eigenvalue weighted by Gasteiger charge is -1.99. The van der Waals surface area contributed by atoms with Crippen molar-refractivity contribution in [1.82, 2.24) is 20.4 Å². The summed E-state index contributed by atoms with van der Waals surface area (Å²) in [4.78, 5) is 0. The third kappa shape index (κ3) is 3.31. The van der Waals surface area contributed by atoms with Crippen molar-refractivity contribution in [2.75, 3.05) is 0 Å². The number of alkyl halides is 6. The van der Waals surface area contributed by atoms with Crippen LogP contribution >= 0.6 is 0 Å². The lowest BCUT2D eigenvalue weighted by molar-refractivity contribution is -0.142. The number of nitrogens with zero attached hydrogens (tertiary/aromatic N) is 2. The van der Waals surface area contributed by atoms with E-state index in [1.165, 1.54) is 0 Å². The molecule has 0 aliphatic rings. The second-order valence-corrected chi connectivity index (χ2v) is 4.05. The zero-order valence-corrected chi connectivity index (χ0v) is 9.73. The highest BCUT2D eigenvalue weighted by Gasteiger charge is 2.34. The molecule has 20 heavy (non-hydrogen) atoms. The molecule has 0 aromatic carbocycles. The minimum Gasteiger partial charge on any atom is -0.282 e. The molecule has 0 aliphatic heterocycles. The predicted octanol–water partition coefficient (Wildman–Crippen LogP) is 2.96. The van der Waals surface area contributed by atoms with Crippen LogP contribution in [-0.2, 0) is 25.2 Å². The molecular weight excluding hydrogens is 290 g/mol. The average molecular weight is 298 g/mol. The Hall–Kier alpha value is -2.00. The highest BCUT2D eigenvalue weighted by molar-refractivity contribution is 5.15. The van der Waals surface area contributed by atoms with Gasteiger partial charge in [0.05, 0.1) is 0 Å². The molecule has 2 rings (SSSR count). The summed E-state index contributed by atoms with van der Waals surface area (Å²) in [5, 5.41) is 10.6. The van der Waals surface area contributed by atoms with Crippen LogP contribution in [0.3, 0.4) is 0 Å². The predicted molar refractivity (Wildman–Crippen MR) is 54.6 cm³/mol. The third-order valence-electron chi connectivity index (χ3n) is 2.51. The fraction of sp³-hybridized carbons (Fsp3) is 0.400. The Bertz CT molecular complexity index is 527. The zero-order chi connectivity index (χ0) is 15.0. The SMILES string of the molecule is FC(F)(F)c1cc(CCc2cc(C(F)(F)F)n[nH]2)[nH]n1. The molecule has 10 heteroatoms. The molecule has 110 valence electrons. The summed E-state index contributed by atoms with van der Waals surface area (Å²) in [5.41, 5.74) is -1.76. The van der Waals surface area contributed by atoms with Gasteiger partial charge in [-0.2, -0.15) is 36.5 Å². The van der Waals surface area contributed by atoms with E-state index < -0.39 is 23.7 Å². The molecule has 0 saturated carbocycles. The van der Waals surface area contributed by atoms with Crippen molar-refractivity contribution in [3.8, 4) is 0 Å². The molecule has 0 atom stereocenters. The summed E-state index contributed by atoms with van der Waals surface area (Å²) in [6.45, 7) is 0. The fourth-order valence-corrected chi connectivity index (χ4v) is 1.54. The maximum absolute atomic E-state index is 12.3. The Morgan fingerprint density at radius 1 is 0.750 bits per heavy atom. The van der Waals surface area contributed by atoms with Crippen molar-refractivity contribution < 1.29 is 26.3 Å². The van der Waals surface area contributed by atoms with Crippen LogP contribution in [0.5, 0.6) is 0 Å². The van der Waals surface area contributed by atoms with Gasteiger partial charge in [-0.05, 0) is 25.0 Å². The molecule has 0 unspecified atom stereocenters. The molecule has 0 bridgehead atoms. The van der Waals surface area contributed by atoms with Crippen molar-refractivity contribution in [2.24, 2.45) is 0 Å². The van der Waals surface area contributed by atoms with E-state index in [0.717, 1.165) is 12.1 Å². The number of aryl methyl sites for hydroxylation is 2. The maximum atomic E-state index is 12.3. The summed E-state index contributed by atoms with van der Waals surface area (Å²) >= 11 is 0. The van der Waals surface area contributed by atoms with Crippen LogP contribution in [0.25, 0.3) is 0 Å². The zero-order valence-electron chi connectivity index (χ0n) is 9.73. The van der Waals surface area contributed by atoms with Gasteiger partial charge in [0.25, 0.3) is 0 Å². The van der Waals surface area contributed by atoms with Crippen molar-refractivity contribution in [2.45, 2.75) is 25.2 Å². The van der Waals surface area contributed by atoms with E-state index in [0.29, 0.717) is 0 Å². The van der Waals surface area contributed by atoms with Gasteiger partial charge in [0, 0.05) is 11.4 Å². The number of rotatable bonds is 3. The molecule has 0 spiro atoms. The molecule has 0 amide bonds. The smallest absolute Gasteiger partial charge is 0.282 e. The minimum absolute atomic E-state index is 0.0859. The van der Waals surface area contributed by atoms with Crippen LogP contribution in [0.15, 0.2) is 12.1 Å². The number of nitrogens with one attached hydrogen (secondary N) is 2. The first-order chi connectivity index (χ1) is 9.16. The van der Waals surface area contributed by atoms with Crippen molar-refractivity contribution in [1.29, 1.82) is 0 Å². The standard InChI is InChI=1S/C10H8F6N4/c11-9(12,13)7-3-5(17-19-7)1-2-6-4-8(20-18-6)10(14,15)16/h3-4H,1-2H2,(H,17,19)(H,18,20). The molecule has 0 saturated heterocycles. The number of hydrogen-bond acceptors (Lipinski definition) is 2. The van der Waals surface area contributed by atoms with Crippen LogP contribution in [0.2, 0.25) is 0 Å². The van der Waals surface area contributed by atoms with Gasteiger partial charge in [-0.15, -0.1) is 0 Å². The summed E-state index contributed by atoms with van der Waals surface area (Å²) in [6, 6.07) is 1.64. The van der Waals surface area contributed by atoms with E-state index in [4.69, 9.17) is 0 Å². The highest BCUT2D eigenvalue weighted by Crippen LogP contribution is 2.29. The summed E-state index contributed by atoms with van der Waals surface area (Å²) < 4.78 is 73.7. The summed E-state index contributed by atoms with van der Waals surface area (Å²) in [7, 11) is 0. The molecular formula is C10H8F6N4. The Labute approximate surface area is 108 Å². The topological polar surface area (TPSA) is 57.4 Å². The van der Waals surface area contributed by atoms with Crippen LogP contribution in [-0.4, -0.2) is 20.4 Å². The molecule has 0 aliphatic carbocycles. The molecule has 2 aromatic rings. The first-order valence-electron chi connectivity index (χ1n) is 5.39. The van der Waals surface area contributed by atoms with E-state index in [1.54, 1.807) is 0 Å². The Morgan fingerprint density at radius 2 is 1.10 bits per heavy atom. The highest BCUT2D eigenvalue weighted by atomic mass is 19.4. The second-order valence-electron chi connectivity index (χ2n) is 4.05. The number of aromatic amines is 2. The van der Waals surface area contributed by atoms with E-state index in [1.807, 2.05) is 0 Å². The molecule has 0 fully saturated rings. The first kappa shape index (κ1) is 14.4. The van der Waals surface area contributed by atoms with Crippen molar-refractivity contribution >= 4 is 0 Å². The molecule has 2 heterocycles. The molecule has 4 nitrogen and oxygen atoms in total. The van der Waals surface area contributed by atoms with Gasteiger partial charge in [-0.3, -0.25) is 10.2 Å². The molecule has 0 radical (unpaired) electrons. The number of hydrogen-bond donors (Lipinski definition) is 2. The monoisotopic (exact) mass is 298 g/mol. The van der Waals surface area contributed by atoms with Gasteiger partial charge in [0.1, 0.15) is 0 Å². The van der Waals surface area contributed by atoms with Gasteiger partial charge in [-0.1, -0.05) is 0 Å². The minimum atomic E-state index is -4.55. The average Bonchev–Trinajstić information content (AvgIpc) is 2.94. The number of halogens is 6. The quantitative estimate of drug-likeness (QED) is 0.856. The second kappa shape index (κ2) is 4.84. The van der Waals surface area contributed by atoms with Gasteiger partial charge < -0.3 is 0 Å². The van der Waals surface area contributed by atoms with E-state index in [9.17, 15) is 26.3 Å². The van der Waals surface area contributed by atoms with Gasteiger partial charge in [0.15, 0.2) is 11.4 Å². The normalized spacial score (nSPS) is 12.9. The van der Waals surface area contributed by atoms with Gasteiger partial charge in [-0.25, -0.2) is 0 Å². The number of aromatic nitrogens is 4. The van der Waals surface area contributed by atoms with Crippen LogP contribution in [0.1, 0.15) is 22.8 Å². The Balaban J connectivity index is 1.99. The lowest BCUT2D eigenvalue weighted by Crippen LogP contribution is -2.04. The van der Waals surface area contributed by atoms with E-state index >= 15 is 0 Å². The van der Waals surface area contributed by atoms with Gasteiger partial charge in [0.2, 0.25) is 0 Å². The van der Waals surface area contributed by atoms with E-state index in [2.05, 4.69) is 20.4 Å². The largest absolute Gasteiger partial charge is 0.435 e. The number of H-pyrrole nitrogens is 2. The molecule has 2 aromatic heterocycles.